The molecule has 4 N–H and O–H groups in total. The number of H-pyrrole nitrogens is 1. The van der Waals surface area contributed by atoms with E-state index in [0.29, 0.717) is 11.3 Å². The molecule has 0 spiro atoms. The second-order valence-electron chi connectivity index (χ2n) is 6.81. The number of thiophene rings is 1. The van der Waals surface area contributed by atoms with Crippen molar-refractivity contribution in [2.45, 2.75) is 4.21 Å². The molecule has 4 rings (SSSR count). The molecular formula is C21H13ClF2N4O4S2. The van der Waals surface area contributed by atoms with Crippen LogP contribution in [-0.4, -0.2) is 30.0 Å². The maximum atomic E-state index is 15.2. The van der Waals surface area contributed by atoms with Gasteiger partial charge in [0.05, 0.1) is 21.2 Å². The van der Waals surface area contributed by atoms with Gasteiger partial charge in [0.2, 0.25) is 5.78 Å². The maximum Gasteiger partial charge on any atom is 0.271 e. The summed E-state index contributed by atoms with van der Waals surface area (Å²) in [5.74, 6) is -4.14. The van der Waals surface area contributed by atoms with Crippen LogP contribution in [-0.2, 0) is 10.0 Å². The molecule has 3 heterocycles. The van der Waals surface area contributed by atoms with Gasteiger partial charge in [0, 0.05) is 29.4 Å². The number of benzene rings is 1. The largest absolute Gasteiger partial charge is 0.404 e. The Bertz CT molecular complexity index is 1600. The van der Waals surface area contributed by atoms with Crippen LogP contribution in [0.15, 0.2) is 59.2 Å². The van der Waals surface area contributed by atoms with Crippen LogP contribution in [0.5, 0.6) is 0 Å². The number of nitrogens with one attached hydrogen (secondary N) is 2. The maximum absolute atomic E-state index is 15.2. The molecule has 174 valence electrons. The van der Waals surface area contributed by atoms with Crippen LogP contribution in [0.4, 0.5) is 14.5 Å². The van der Waals surface area contributed by atoms with E-state index in [2.05, 4.69) is 9.97 Å². The molecule has 3 aromatic heterocycles. The van der Waals surface area contributed by atoms with Gasteiger partial charge in [-0.3, -0.25) is 14.3 Å². The predicted octanol–water partition coefficient (Wildman–Crippen LogP) is 4.24. The van der Waals surface area contributed by atoms with Crippen LogP contribution in [0, 0.1) is 11.6 Å². The van der Waals surface area contributed by atoms with Crippen molar-refractivity contribution in [1.29, 1.82) is 0 Å². The molecule has 0 fully saturated rings. The number of fused-ring (bicyclic) bond motifs is 1. The molecule has 0 amide bonds. The standard InChI is InChI=1S/C21H13ClF2N4O4S2/c22-10-7-11-12(9-27-21(11)26-8-10)20(30)18-13(23)1-2-14(19(18)24)28-34(31,32)17-4-3-16(33-17)15(29)5-6-25/h1-9,28H,25H2,(H,26,27). The van der Waals surface area contributed by atoms with E-state index in [9.17, 15) is 22.4 Å². The van der Waals surface area contributed by atoms with E-state index in [-0.39, 0.29) is 30.7 Å². The Labute approximate surface area is 200 Å². The molecule has 0 atom stereocenters. The Kier molecular flexibility index (Phi) is 6.21. The summed E-state index contributed by atoms with van der Waals surface area (Å²) in [5.41, 5.74) is 3.73. The summed E-state index contributed by atoms with van der Waals surface area (Å²) in [6.45, 7) is 0. The third-order valence-electron chi connectivity index (χ3n) is 4.64. The molecule has 0 saturated carbocycles. The molecule has 0 unspecified atom stereocenters. The lowest BCUT2D eigenvalue weighted by molar-refractivity contribution is 0.102. The van der Waals surface area contributed by atoms with Crippen molar-refractivity contribution in [2.24, 2.45) is 5.73 Å². The number of hydrogen-bond donors (Lipinski definition) is 3. The van der Waals surface area contributed by atoms with Crippen molar-refractivity contribution in [3.05, 3.63) is 87.7 Å². The second kappa shape index (κ2) is 8.97. The van der Waals surface area contributed by atoms with Gasteiger partial charge in [-0.2, -0.15) is 0 Å². The average Bonchev–Trinajstić information content (AvgIpc) is 3.44. The zero-order valence-corrected chi connectivity index (χ0v) is 19.2. The number of nitrogens with zero attached hydrogens (tertiary/aromatic N) is 1. The van der Waals surface area contributed by atoms with Gasteiger partial charge < -0.3 is 10.7 Å². The van der Waals surface area contributed by atoms with Gasteiger partial charge in [-0.25, -0.2) is 22.2 Å². The molecule has 0 bridgehead atoms. The molecule has 4 aromatic rings. The van der Waals surface area contributed by atoms with E-state index >= 15 is 4.39 Å². The number of carbonyl (C=O) groups is 2. The van der Waals surface area contributed by atoms with Crippen molar-refractivity contribution in [3.8, 4) is 0 Å². The number of pyridine rings is 1. The number of carbonyl (C=O) groups excluding carboxylic acids is 2. The van der Waals surface area contributed by atoms with Crippen LogP contribution >= 0.6 is 22.9 Å². The van der Waals surface area contributed by atoms with E-state index < -0.39 is 44.5 Å². The highest BCUT2D eigenvalue weighted by atomic mass is 35.5. The number of ketones is 2. The Morgan fingerprint density at radius 1 is 1.21 bits per heavy atom. The fourth-order valence-electron chi connectivity index (χ4n) is 3.10. The Balaban J connectivity index is 1.71. The first-order valence-electron chi connectivity index (χ1n) is 9.33. The molecule has 34 heavy (non-hydrogen) atoms. The molecule has 8 nitrogen and oxygen atoms in total. The summed E-state index contributed by atoms with van der Waals surface area (Å²) in [6.07, 6.45) is 4.63. The predicted molar refractivity (Wildman–Crippen MR) is 124 cm³/mol. The molecule has 13 heteroatoms. The van der Waals surface area contributed by atoms with E-state index in [1.165, 1.54) is 24.5 Å². The monoisotopic (exact) mass is 522 g/mol. The van der Waals surface area contributed by atoms with Gasteiger partial charge in [0.15, 0.2) is 11.6 Å². The summed E-state index contributed by atoms with van der Waals surface area (Å²) in [6, 6.07) is 5.45. The highest BCUT2D eigenvalue weighted by Gasteiger charge is 2.27. The van der Waals surface area contributed by atoms with Gasteiger partial charge in [0.25, 0.3) is 10.0 Å². The fraction of sp³-hybridized carbons (Fsp3) is 0. The minimum absolute atomic E-state index is 0.0872. The average molecular weight is 523 g/mol. The third-order valence-corrected chi connectivity index (χ3v) is 7.81. The number of aromatic amines is 1. The summed E-state index contributed by atoms with van der Waals surface area (Å²) in [4.78, 5) is 31.7. The van der Waals surface area contributed by atoms with Gasteiger partial charge in [-0.1, -0.05) is 11.6 Å². The first-order valence-corrected chi connectivity index (χ1v) is 12.0. The van der Waals surface area contributed by atoms with Crippen LogP contribution in [0.1, 0.15) is 25.6 Å². The number of hydrogen-bond acceptors (Lipinski definition) is 7. The second-order valence-corrected chi connectivity index (χ2v) is 10.2. The lowest BCUT2D eigenvalue weighted by atomic mass is 10.0. The summed E-state index contributed by atoms with van der Waals surface area (Å²) < 4.78 is 56.9. The van der Waals surface area contributed by atoms with Crippen LogP contribution < -0.4 is 10.5 Å². The Morgan fingerprint density at radius 3 is 2.71 bits per heavy atom. The number of sulfonamides is 1. The lowest BCUT2D eigenvalue weighted by Crippen LogP contribution is -2.15. The minimum atomic E-state index is -4.36. The molecule has 1 aromatic carbocycles. The van der Waals surface area contributed by atoms with Crippen LogP contribution in [0.3, 0.4) is 0 Å². The van der Waals surface area contributed by atoms with Crippen molar-refractivity contribution < 1.29 is 26.8 Å². The molecule has 0 aliphatic rings. The Hall–Kier alpha value is -3.61. The van der Waals surface area contributed by atoms with Crippen LogP contribution in [0.25, 0.3) is 11.0 Å². The van der Waals surface area contributed by atoms with Gasteiger partial charge in [0.1, 0.15) is 15.7 Å². The van der Waals surface area contributed by atoms with Gasteiger partial charge in [-0.05, 0) is 36.5 Å². The van der Waals surface area contributed by atoms with Gasteiger partial charge >= 0.3 is 0 Å². The first kappa shape index (κ1) is 23.5. The highest BCUT2D eigenvalue weighted by Crippen LogP contribution is 2.30. The Morgan fingerprint density at radius 2 is 1.97 bits per heavy atom. The number of nitrogens with two attached hydrogens (primary N) is 1. The zero-order chi connectivity index (χ0) is 24.6. The fourth-order valence-corrected chi connectivity index (χ4v) is 5.55. The smallest absolute Gasteiger partial charge is 0.271 e. The van der Waals surface area contributed by atoms with Crippen LogP contribution in [0.2, 0.25) is 5.02 Å². The number of halogens is 3. The third kappa shape index (κ3) is 4.30. The minimum Gasteiger partial charge on any atom is -0.404 e. The SMILES string of the molecule is NC=CC(=O)c1ccc(S(=O)(=O)Nc2ccc(F)c(C(=O)c3c[nH]c4ncc(Cl)cc34)c2F)s1. The lowest BCUT2D eigenvalue weighted by Gasteiger charge is -2.11. The highest BCUT2D eigenvalue weighted by molar-refractivity contribution is 7.94. The number of anilines is 1. The van der Waals surface area contributed by atoms with E-state index in [1.54, 1.807) is 0 Å². The summed E-state index contributed by atoms with van der Waals surface area (Å²) in [7, 11) is -4.36. The molecule has 0 aliphatic heterocycles. The number of rotatable bonds is 7. The van der Waals surface area contributed by atoms with E-state index in [1.807, 2.05) is 4.72 Å². The van der Waals surface area contributed by atoms with Crippen molar-refractivity contribution in [3.63, 3.8) is 0 Å². The van der Waals surface area contributed by atoms with E-state index in [0.717, 1.165) is 30.5 Å². The molecule has 0 radical (unpaired) electrons. The van der Waals surface area contributed by atoms with E-state index in [4.69, 9.17) is 17.3 Å². The summed E-state index contributed by atoms with van der Waals surface area (Å²) >= 11 is 6.55. The molecule has 0 aliphatic carbocycles. The zero-order valence-electron chi connectivity index (χ0n) is 16.8. The van der Waals surface area contributed by atoms with Gasteiger partial charge in [-0.15, -0.1) is 11.3 Å². The molecule has 0 saturated heterocycles. The quantitative estimate of drug-likeness (QED) is 0.245. The first-order chi connectivity index (χ1) is 16.1. The van der Waals surface area contributed by atoms with Crippen molar-refractivity contribution in [1.82, 2.24) is 9.97 Å². The molecular weight excluding hydrogens is 510 g/mol. The number of aromatic nitrogens is 2. The topological polar surface area (TPSA) is 135 Å². The summed E-state index contributed by atoms with van der Waals surface area (Å²) in [5, 5.41) is 0.448. The van der Waals surface area contributed by atoms with Crippen molar-refractivity contribution >= 4 is 61.2 Å². The number of allylic oxidation sites excluding steroid dienone is 1. The normalized spacial score (nSPS) is 11.9. The van der Waals surface area contributed by atoms with Crippen molar-refractivity contribution in [2.75, 3.05) is 4.72 Å².